The van der Waals surface area contributed by atoms with E-state index in [0.717, 1.165) is 45.5 Å². The van der Waals surface area contributed by atoms with Crippen molar-refractivity contribution in [3.05, 3.63) is 285 Å². The zero-order chi connectivity index (χ0) is 50.6. The molecule has 16 rings (SSSR count). The van der Waals surface area contributed by atoms with Gasteiger partial charge in [0.2, 0.25) is 0 Å². The second kappa shape index (κ2) is 17.2. The van der Waals surface area contributed by atoms with Crippen molar-refractivity contribution in [3.63, 3.8) is 0 Å². The van der Waals surface area contributed by atoms with Crippen molar-refractivity contribution in [2.24, 2.45) is 0 Å². The van der Waals surface area contributed by atoms with Gasteiger partial charge in [-0.1, -0.05) is 206 Å². The number of fused-ring (bicyclic) bond motifs is 10. The molecule has 4 heterocycles. The number of benzene rings is 12. The molecular weight excluding hydrogens is 932 g/mol. The summed E-state index contributed by atoms with van der Waals surface area (Å²) in [5.41, 5.74) is 24.6. The molecule has 0 fully saturated rings. The molecule has 0 atom stereocenters. The molecule has 0 radical (unpaired) electrons. The van der Waals surface area contributed by atoms with Gasteiger partial charge in [-0.25, -0.2) is 0 Å². The SMILES string of the molecule is c1ccc(-c2ccc(N3c4ccc(-c5ccccc5)cc4B4c5ccc(-n6c7ccccc7c7ccccc76)cc5N(c5ccc(-c6ccccc6)cc5)c5cc(-n6c7ccccc7c7ccccc76)cc3c54)cc2)cc1. The number of para-hydroxylation sites is 4. The van der Waals surface area contributed by atoms with Crippen LogP contribution in [0.4, 0.5) is 34.1 Å². The van der Waals surface area contributed by atoms with Gasteiger partial charge in [-0.15, -0.1) is 0 Å². The third kappa shape index (κ3) is 6.74. The van der Waals surface area contributed by atoms with Crippen molar-refractivity contribution in [1.82, 2.24) is 9.13 Å². The Kier molecular flexibility index (Phi) is 9.70. The lowest BCUT2D eigenvalue weighted by Gasteiger charge is -2.44. The van der Waals surface area contributed by atoms with Crippen molar-refractivity contribution in [1.29, 1.82) is 0 Å². The van der Waals surface area contributed by atoms with E-state index >= 15 is 0 Å². The molecule has 0 saturated carbocycles. The smallest absolute Gasteiger partial charge is 0.252 e. The Hall–Kier alpha value is -10.1. The summed E-state index contributed by atoms with van der Waals surface area (Å²) in [6.07, 6.45) is 0. The maximum Gasteiger partial charge on any atom is 0.252 e. The maximum absolute atomic E-state index is 2.57. The topological polar surface area (TPSA) is 16.3 Å². The fourth-order valence-corrected chi connectivity index (χ4v) is 12.9. The third-order valence-corrected chi connectivity index (χ3v) is 16.3. The molecule has 5 heteroatoms. The monoisotopic (exact) mass is 978 g/mol. The molecule has 14 aromatic rings. The molecule has 2 aliphatic rings. The molecule has 0 spiro atoms. The van der Waals surface area contributed by atoms with Crippen molar-refractivity contribution in [3.8, 4) is 44.8 Å². The minimum Gasteiger partial charge on any atom is -0.311 e. The van der Waals surface area contributed by atoms with E-state index in [-0.39, 0.29) is 6.71 Å². The quantitative estimate of drug-likeness (QED) is 0.148. The fraction of sp³-hybridized carbons (Fsp3) is 0. The van der Waals surface area contributed by atoms with Crippen molar-refractivity contribution >= 4 is 101 Å². The van der Waals surface area contributed by atoms with Crippen LogP contribution in [-0.4, -0.2) is 15.8 Å². The van der Waals surface area contributed by atoms with Crippen LogP contribution in [0.1, 0.15) is 0 Å². The van der Waals surface area contributed by atoms with Crippen LogP contribution in [0.25, 0.3) is 88.4 Å². The summed E-state index contributed by atoms with van der Waals surface area (Å²) < 4.78 is 4.95. The minimum absolute atomic E-state index is 0.118. The summed E-state index contributed by atoms with van der Waals surface area (Å²) >= 11 is 0. The standard InChI is InChI=1S/C72H47BN4/c1-4-18-48(19-5-1)51-32-37-54(38-33-51)74-68-43-36-53(50-22-8-3-9-23-50)44-63(68)73-62-42-41-56(76-64-28-14-10-24-58(64)59-25-11-15-29-65(59)76)45-69(62)75(55-39-34-52(35-40-55)49-20-6-2-7-21-49)71-47-57(46-70(74)72(71)73)77-66-30-16-12-26-60(66)61-27-13-17-31-67(61)77/h1-47H. The molecule has 2 aliphatic heterocycles. The molecule has 0 unspecified atom stereocenters. The Morgan fingerprint density at radius 2 is 0.571 bits per heavy atom. The van der Waals surface area contributed by atoms with Crippen LogP contribution < -0.4 is 26.2 Å². The summed E-state index contributed by atoms with van der Waals surface area (Å²) in [6, 6.07) is 105. The second-order valence-electron chi connectivity index (χ2n) is 20.4. The van der Waals surface area contributed by atoms with Crippen molar-refractivity contribution < 1.29 is 0 Å². The Bertz CT molecular complexity index is 4510. The Balaban J connectivity index is 1.02. The summed E-state index contributed by atoms with van der Waals surface area (Å²) in [4.78, 5) is 5.11. The first-order valence-corrected chi connectivity index (χ1v) is 26.6. The predicted octanol–water partition coefficient (Wildman–Crippen LogP) is 17.0. The van der Waals surface area contributed by atoms with Gasteiger partial charge in [-0.3, -0.25) is 0 Å². The van der Waals surface area contributed by atoms with E-state index in [9.17, 15) is 0 Å². The summed E-state index contributed by atoms with van der Waals surface area (Å²) in [7, 11) is 0. The van der Waals surface area contributed by atoms with Gasteiger partial charge in [-0.2, -0.15) is 0 Å². The molecule has 0 N–H and O–H groups in total. The van der Waals surface area contributed by atoms with Crippen LogP contribution in [0.5, 0.6) is 0 Å². The maximum atomic E-state index is 2.57. The number of aromatic nitrogens is 2. The van der Waals surface area contributed by atoms with E-state index in [1.807, 2.05) is 0 Å². The van der Waals surface area contributed by atoms with Gasteiger partial charge in [0, 0.05) is 61.4 Å². The second-order valence-corrected chi connectivity index (χ2v) is 20.4. The molecule has 358 valence electrons. The molecule has 2 aromatic heterocycles. The third-order valence-electron chi connectivity index (χ3n) is 16.3. The highest BCUT2D eigenvalue weighted by Gasteiger charge is 2.44. The first-order chi connectivity index (χ1) is 38.2. The predicted molar refractivity (Wildman–Crippen MR) is 325 cm³/mol. The summed E-state index contributed by atoms with van der Waals surface area (Å²) in [6.45, 7) is -0.118. The number of rotatable bonds is 7. The number of hydrogen-bond acceptors (Lipinski definition) is 2. The molecule has 0 amide bonds. The zero-order valence-electron chi connectivity index (χ0n) is 42.0. The number of hydrogen-bond donors (Lipinski definition) is 0. The summed E-state index contributed by atoms with van der Waals surface area (Å²) in [5.74, 6) is 0. The minimum atomic E-state index is -0.118. The number of nitrogens with zero attached hydrogens (tertiary/aromatic N) is 4. The van der Waals surface area contributed by atoms with Crippen LogP contribution in [0.3, 0.4) is 0 Å². The highest BCUT2D eigenvalue weighted by Crippen LogP contribution is 2.48. The molecule has 77 heavy (non-hydrogen) atoms. The summed E-state index contributed by atoms with van der Waals surface area (Å²) in [5, 5.41) is 4.95. The first kappa shape index (κ1) is 43.3. The Labute approximate surface area is 447 Å². The highest BCUT2D eigenvalue weighted by atomic mass is 15.2. The van der Waals surface area contributed by atoms with E-state index in [1.54, 1.807) is 0 Å². The van der Waals surface area contributed by atoms with Crippen LogP contribution in [0.15, 0.2) is 285 Å². The van der Waals surface area contributed by atoms with Gasteiger partial charge < -0.3 is 18.9 Å². The molecular formula is C72H47BN4. The van der Waals surface area contributed by atoms with Gasteiger partial charge in [0.1, 0.15) is 0 Å². The average molecular weight is 979 g/mol. The lowest BCUT2D eigenvalue weighted by Crippen LogP contribution is -2.61. The first-order valence-electron chi connectivity index (χ1n) is 26.6. The van der Waals surface area contributed by atoms with E-state index in [4.69, 9.17) is 0 Å². The van der Waals surface area contributed by atoms with Crippen LogP contribution in [0, 0.1) is 0 Å². The Morgan fingerprint density at radius 1 is 0.221 bits per heavy atom. The van der Waals surface area contributed by atoms with Gasteiger partial charge in [0.15, 0.2) is 0 Å². The van der Waals surface area contributed by atoms with Crippen molar-refractivity contribution in [2.75, 3.05) is 9.80 Å². The van der Waals surface area contributed by atoms with E-state index < -0.39 is 0 Å². The van der Waals surface area contributed by atoms with Crippen LogP contribution in [0.2, 0.25) is 0 Å². The van der Waals surface area contributed by atoms with E-state index in [1.165, 1.54) is 93.4 Å². The van der Waals surface area contributed by atoms with E-state index in [2.05, 4.69) is 304 Å². The fourth-order valence-electron chi connectivity index (χ4n) is 12.9. The largest absolute Gasteiger partial charge is 0.311 e. The zero-order valence-corrected chi connectivity index (χ0v) is 42.0. The van der Waals surface area contributed by atoms with E-state index in [0.29, 0.717) is 0 Å². The highest BCUT2D eigenvalue weighted by molar-refractivity contribution is 7.00. The molecule has 0 aliphatic carbocycles. The molecule has 4 nitrogen and oxygen atoms in total. The van der Waals surface area contributed by atoms with Crippen LogP contribution in [-0.2, 0) is 0 Å². The lowest BCUT2D eigenvalue weighted by molar-refractivity contribution is 1.15. The van der Waals surface area contributed by atoms with Gasteiger partial charge in [0.05, 0.1) is 27.8 Å². The van der Waals surface area contributed by atoms with Gasteiger partial charge >= 0.3 is 0 Å². The average Bonchev–Trinajstić information content (AvgIpc) is 4.15. The van der Waals surface area contributed by atoms with Gasteiger partial charge in [0.25, 0.3) is 6.71 Å². The van der Waals surface area contributed by atoms with Crippen LogP contribution >= 0.6 is 0 Å². The molecule has 0 saturated heterocycles. The normalized spacial score (nSPS) is 12.6. The van der Waals surface area contributed by atoms with Gasteiger partial charge in [-0.05, 0) is 129 Å². The Morgan fingerprint density at radius 3 is 1.04 bits per heavy atom. The number of anilines is 6. The van der Waals surface area contributed by atoms with Crippen molar-refractivity contribution in [2.45, 2.75) is 0 Å². The molecule has 12 aromatic carbocycles. The lowest BCUT2D eigenvalue weighted by atomic mass is 9.33. The molecule has 0 bridgehead atoms.